The highest BCUT2D eigenvalue weighted by Gasteiger charge is 2.08. The first-order valence-corrected chi connectivity index (χ1v) is 6.93. The number of nitrogens with one attached hydrogen (secondary N) is 1. The van der Waals surface area contributed by atoms with Crippen LogP contribution in [0.2, 0.25) is 5.02 Å². The second-order valence-corrected chi connectivity index (χ2v) is 5.06. The van der Waals surface area contributed by atoms with Gasteiger partial charge < -0.3 is 5.32 Å². The van der Waals surface area contributed by atoms with E-state index in [9.17, 15) is 8.78 Å². The van der Waals surface area contributed by atoms with Crippen molar-refractivity contribution >= 4 is 11.6 Å². The Labute approximate surface area is 122 Å². The second-order valence-electron chi connectivity index (χ2n) is 4.65. The predicted octanol–water partition coefficient (Wildman–Crippen LogP) is 4.78. The van der Waals surface area contributed by atoms with Gasteiger partial charge in [0.2, 0.25) is 0 Å². The van der Waals surface area contributed by atoms with Crippen LogP contribution in [0.15, 0.2) is 36.4 Å². The lowest BCUT2D eigenvalue weighted by Crippen LogP contribution is -2.13. The van der Waals surface area contributed by atoms with E-state index >= 15 is 0 Å². The van der Waals surface area contributed by atoms with Crippen LogP contribution in [-0.2, 0) is 6.54 Å². The van der Waals surface area contributed by atoms with Gasteiger partial charge >= 0.3 is 0 Å². The number of hydrogen-bond donors (Lipinski definition) is 1. The molecule has 0 fully saturated rings. The van der Waals surface area contributed by atoms with Crippen LogP contribution < -0.4 is 5.32 Å². The van der Waals surface area contributed by atoms with Crippen LogP contribution in [0.3, 0.4) is 0 Å². The predicted molar refractivity (Wildman–Crippen MR) is 78.8 cm³/mol. The molecule has 0 aliphatic carbocycles. The minimum atomic E-state index is -0.607. The third-order valence-electron chi connectivity index (χ3n) is 2.96. The fourth-order valence-corrected chi connectivity index (χ4v) is 2.33. The molecule has 106 valence electrons. The van der Waals surface area contributed by atoms with Crippen molar-refractivity contribution in [1.29, 1.82) is 0 Å². The number of benzene rings is 2. The van der Waals surface area contributed by atoms with Crippen molar-refractivity contribution in [3.63, 3.8) is 0 Å². The van der Waals surface area contributed by atoms with Crippen molar-refractivity contribution in [3.05, 3.63) is 58.6 Å². The Balaban J connectivity index is 2.25. The molecule has 1 N–H and O–H groups in total. The van der Waals surface area contributed by atoms with E-state index < -0.39 is 11.6 Å². The van der Waals surface area contributed by atoms with E-state index in [0.717, 1.165) is 31.1 Å². The summed E-state index contributed by atoms with van der Waals surface area (Å²) >= 11 is 6.21. The largest absolute Gasteiger partial charge is 0.313 e. The molecular weight excluding hydrogens is 280 g/mol. The minimum absolute atomic E-state index is 0.445. The Morgan fingerprint density at radius 2 is 1.75 bits per heavy atom. The Morgan fingerprint density at radius 3 is 2.35 bits per heavy atom. The first-order valence-electron chi connectivity index (χ1n) is 6.55. The molecule has 0 saturated carbocycles. The van der Waals surface area contributed by atoms with Crippen LogP contribution in [-0.4, -0.2) is 6.54 Å². The second kappa shape index (κ2) is 6.82. The average Bonchev–Trinajstić information content (AvgIpc) is 2.38. The third kappa shape index (κ3) is 3.78. The molecule has 0 aromatic heterocycles. The summed E-state index contributed by atoms with van der Waals surface area (Å²) in [5, 5.41) is 3.77. The van der Waals surface area contributed by atoms with Gasteiger partial charge in [0, 0.05) is 23.2 Å². The quantitative estimate of drug-likeness (QED) is 0.782. The van der Waals surface area contributed by atoms with Gasteiger partial charge in [0.05, 0.1) is 0 Å². The lowest BCUT2D eigenvalue weighted by Gasteiger charge is -2.09. The number of rotatable bonds is 5. The minimum Gasteiger partial charge on any atom is -0.313 e. The molecule has 0 aliphatic rings. The molecule has 0 aliphatic heterocycles. The third-order valence-corrected chi connectivity index (χ3v) is 3.28. The summed E-state index contributed by atoms with van der Waals surface area (Å²) in [5.41, 5.74) is 2.12. The standard InChI is InChI=1S/C16H16ClF2N/c1-2-5-20-10-11-3-4-15(16(17)6-11)12-7-13(18)9-14(19)8-12/h3-4,6-9,20H,2,5,10H2,1H3. The molecule has 4 heteroatoms. The molecular formula is C16H16ClF2N. The van der Waals surface area contributed by atoms with Crippen molar-refractivity contribution in [3.8, 4) is 11.1 Å². The van der Waals surface area contributed by atoms with Crippen molar-refractivity contribution in [2.45, 2.75) is 19.9 Å². The monoisotopic (exact) mass is 295 g/mol. The van der Waals surface area contributed by atoms with Gasteiger partial charge in [-0.1, -0.05) is 30.7 Å². The Hall–Kier alpha value is -1.45. The molecule has 1 nitrogen and oxygen atoms in total. The Morgan fingerprint density at radius 1 is 1.05 bits per heavy atom. The molecule has 2 aromatic carbocycles. The highest BCUT2D eigenvalue weighted by Crippen LogP contribution is 2.29. The van der Waals surface area contributed by atoms with Crippen LogP contribution in [0.25, 0.3) is 11.1 Å². The topological polar surface area (TPSA) is 12.0 Å². The van der Waals surface area contributed by atoms with Crippen LogP contribution in [0.4, 0.5) is 8.78 Å². The highest BCUT2D eigenvalue weighted by molar-refractivity contribution is 6.33. The van der Waals surface area contributed by atoms with Gasteiger partial charge in [-0.15, -0.1) is 0 Å². The Kier molecular flexibility index (Phi) is 5.10. The molecule has 0 amide bonds. The average molecular weight is 296 g/mol. The maximum atomic E-state index is 13.2. The van der Waals surface area contributed by atoms with Gasteiger partial charge in [-0.2, -0.15) is 0 Å². The maximum Gasteiger partial charge on any atom is 0.126 e. The fraction of sp³-hybridized carbons (Fsp3) is 0.250. The van der Waals surface area contributed by atoms with Gasteiger partial charge in [0.25, 0.3) is 0 Å². The summed E-state index contributed by atoms with van der Waals surface area (Å²) in [6.07, 6.45) is 1.06. The van der Waals surface area contributed by atoms with Crippen molar-refractivity contribution in [2.75, 3.05) is 6.54 Å². The Bertz CT molecular complexity index is 579. The van der Waals surface area contributed by atoms with E-state index in [4.69, 9.17) is 11.6 Å². The van der Waals surface area contributed by atoms with Gasteiger partial charge in [0.1, 0.15) is 11.6 Å². The van der Waals surface area contributed by atoms with E-state index in [2.05, 4.69) is 12.2 Å². The number of hydrogen-bond acceptors (Lipinski definition) is 1. The van der Waals surface area contributed by atoms with Crippen LogP contribution in [0, 0.1) is 11.6 Å². The van der Waals surface area contributed by atoms with Gasteiger partial charge in [-0.05, 0) is 42.3 Å². The molecule has 0 bridgehead atoms. The molecule has 0 radical (unpaired) electrons. The van der Waals surface area contributed by atoms with Gasteiger partial charge in [-0.3, -0.25) is 0 Å². The van der Waals surface area contributed by atoms with Crippen molar-refractivity contribution in [1.82, 2.24) is 5.32 Å². The lowest BCUT2D eigenvalue weighted by atomic mass is 10.0. The summed E-state index contributed by atoms with van der Waals surface area (Å²) in [7, 11) is 0. The zero-order chi connectivity index (χ0) is 14.5. The molecule has 2 aromatic rings. The maximum absolute atomic E-state index is 13.2. The van der Waals surface area contributed by atoms with E-state index in [1.807, 2.05) is 12.1 Å². The highest BCUT2D eigenvalue weighted by atomic mass is 35.5. The molecule has 20 heavy (non-hydrogen) atoms. The van der Waals surface area contributed by atoms with Crippen molar-refractivity contribution < 1.29 is 8.78 Å². The van der Waals surface area contributed by atoms with E-state index in [-0.39, 0.29) is 0 Å². The van der Waals surface area contributed by atoms with E-state index in [1.165, 1.54) is 12.1 Å². The summed E-state index contributed by atoms with van der Waals surface area (Å²) in [6.45, 7) is 3.77. The molecule has 0 unspecified atom stereocenters. The molecule has 0 heterocycles. The summed E-state index contributed by atoms with van der Waals surface area (Å²) < 4.78 is 26.5. The van der Waals surface area contributed by atoms with E-state index in [1.54, 1.807) is 6.07 Å². The number of halogens is 3. The first-order chi connectivity index (χ1) is 9.60. The molecule has 2 rings (SSSR count). The molecule has 0 atom stereocenters. The van der Waals surface area contributed by atoms with Crippen LogP contribution >= 0.6 is 11.6 Å². The summed E-state index contributed by atoms with van der Waals surface area (Å²) in [6, 6.07) is 8.92. The summed E-state index contributed by atoms with van der Waals surface area (Å²) in [5.74, 6) is -1.21. The smallest absolute Gasteiger partial charge is 0.126 e. The summed E-state index contributed by atoms with van der Waals surface area (Å²) in [4.78, 5) is 0. The van der Waals surface area contributed by atoms with Gasteiger partial charge in [-0.25, -0.2) is 8.78 Å². The SMILES string of the molecule is CCCNCc1ccc(-c2cc(F)cc(F)c2)c(Cl)c1. The van der Waals surface area contributed by atoms with Crippen molar-refractivity contribution in [2.24, 2.45) is 0 Å². The normalized spacial score (nSPS) is 10.8. The van der Waals surface area contributed by atoms with Gasteiger partial charge in [0.15, 0.2) is 0 Å². The van der Waals surface area contributed by atoms with Crippen LogP contribution in [0.1, 0.15) is 18.9 Å². The van der Waals surface area contributed by atoms with Crippen LogP contribution in [0.5, 0.6) is 0 Å². The molecule has 0 saturated heterocycles. The fourth-order valence-electron chi connectivity index (χ4n) is 2.02. The molecule has 0 spiro atoms. The zero-order valence-corrected chi connectivity index (χ0v) is 12.0. The van der Waals surface area contributed by atoms with E-state index in [0.29, 0.717) is 16.1 Å². The zero-order valence-electron chi connectivity index (χ0n) is 11.2. The first kappa shape index (κ1) is 14.9. The lowest BCUT2D eigenvalue weighted by molar-refractivity contribution is 0.584.